The van der Waals surface area contributed by atoms with Crippen LogP contribution in [0.25, 0.3) is 67.6 Å². The Morgan fingerprint density at radius 2 is 0.933 bits per heavy atom. The molecule has 0 spiro atoms. The molecule has 2 aliphatic heterocycles. The average molecular weight is 777 g/mol. The number of aromatic amines is 2. The van der Waals surface area contributed by atoms with Gasteiger partial charge in [-0.1, -0.05) is 83.3 Å². The lowest BCUT2D eigenvalue weighted by atomic mass is 10.0. The molecule has 0 saturated carbocycles. The molecule has 290 valence electrons. The van der Waals surface area contributed by atoms with Crippen LogP contribution in [0.3, 0.4) is 0 Å². The molecule has 0 amide bonds. The Morgan fingerprint density at radius 1 is 0.450 bits per heavy atom. The summed E-state index contributed by atoms with van der Waals surface area (Å²) in [7, 11) is 8.14. The number of nitrogens with one attached hydrogen (secondary N) is 2. The summed E-state index contributed by atoms with van der Waals surface area (Å²) in [6, 6.07) is 46.5. The smallest absolute Gasteiger partial charge is 0.0829 e. The SMILES string of the molecule is Cc1ccc(-c2c3nc(cc4nc(cc5ccc([nH]5)c(-c5ccc(C)cc5)c5ccc2[nH]5)C(C#Cc2ccc(N(C)C)cc2)=C4C#Cc2ccc(N(C)C)cc2)C=C3)cc1. The summed E-state index contributed by atoms with van der Waals surface area (Å²) in [6.07, 6.45) is 4.14. The van der Waals surface area contributed by atoms with E-state index in [1.54, 1.807) is 0 Å². The number of aryl methyl sites for hydroxylation is 2. The number of H-pyrrole nitrogens is 2. The summed E-state index contributed by atoms with van der Waals surface area (Å²) in [4.78, 5) is 22.2. The number of nitrogens with zero attached hydrogens (tertiary/aromatic N) is 4. The van der Waals surface area contributed by atoms with Crippen LogP contribution in [0.5, 0.6) is 0 Å². The highest BCUT2D eigenvalue weighted by molar-refractivity contribution is 6.06. The Labute approximate surface area is 351 Å². The van der Waals surface area contributed by atoms with E-state index >= 15 is 0 Å². The molecule has 0 atom stereocenters. The molecule has 6 heteroatoms. The number of anilines is 2. The van der Waals surface area contributed by atoms with E-state index in [0.29, 0.717) is 5.69 Å². The number of aromatic nitrogens is 4. The zero-order chi connectivity index (χ0) is 41.3. The zero-order valence-corrected chi connectivity index (χ0v) is 34.6. The minimum absolute atomic E-state index is 0.709. The van der Waals surface area contributed by atoms with Gasteiger partial charge in [0.25, 0.3) is 0 Å². The highest BCUT2D eigenvalue weighted by atomic mass is 15.1. The molecule has 60 heavy (non-hydrogen) atoms. The van der Waals surface area contributed by atoms with Crippen LogP contribution in [-0.4, -0.2) is 48.1 Å². The van der Waals surface area contributed by atoms with Crippen molar-refractivity contribution in [1.29, 1.82) is 0 Å². The van der Waals surface area contributed by atoms with E-state index in [4.69, 9.17) is 9.97 Å². The van der Waals surface area contributed by atoms with Gasteiger partial charge in [0.15, 0.2) is 0 Å². The Hall–Kier alpha value is -7.80. The monoisotopic (exact) mass is 776 g/mol. The van der Waals surface area contributed by atoms with Gasteiger partial charge in [0.05, 0.1) is 33.9 Å². The fraction of sp³-hybridized carbons (Fsp3) is 0.111. The van der Waals surface area contributed by atoms with Crippen LogP contribution in [0.2, 0.25) is 0 Å². The predicted octanol–water partition coefficient (Wildman–Crippen LogP) is 11.6. The number of fused-ring (bicyclic) bond motifs is 8. The second-order valence-corrected chi connectivity index (χ2v) is 15.7. The maximum Gasteiger partial charge on any atom is 0.0829 e. The van der Waals surface area contributed by atoms with Crippen molar-refractivity contribution in [2.75, 3.05) is 38.0 Å². The van der Waals surface area contributed by atoms with Crippen LogP contribution in [0.1, 0.15) is 45.0 Å². The summed E-state index contributed by atoms with van der Waals surface area (Å²) in [6.45, 7) is 4.22. The van der Waals surface area contributed by atoms with Crippen molar-refractivity contribution >= 4 is 56.7 Å². The van der Waals surface area contributed by atoms with E-state index in [0.717, 1.165) is 95.1 Å². The first kappa shape index (κ1) is 37.8. The second-order valence-electron chi connectivity index (χ2n) is 15.7. The van der Waals surface area contributed by atoms with E-state index in [2.05, 4.69) is 197 Å². The first-order valence-electron chi connectivity index (χ1n) is 20.1. The van der Waals surface area contributed by atoms with Crippen LogP contribution >= 0.6 is 0 Å². The molecule has 0 radical (unpaired) electrons. The summed E-state index contributed by atoms with van der Waals surface area (Å²) in [5, 5.41) is 0. The molecule has 0 aliphatic carbocycles. The summed E-state index contributed by atoms with van der Waals surface area (Å²) >= 11 is 0. The fourth-order valence-electron chi connectivity index (χ4n) is 7.47. The Morgan fingerprint density at radius 3 is 1.48 bits per heavy atom. The van der Waals surface area contributed by atoms with Crippen LogP contribution in [0.15, 0.2) is 133 Å². The molecule has 9 rings (SSSR count). The highest BCUT2D eigenvalue weighted by Gasteiger charge is 2.20. The molecule has 6 nitrogen and oxygen atoms in total. The predicted molar refractivity (Wildman–Crippen MR) is 252 cm³/mol. The molecular weight excluding hydrogens is 733 g/mol. The molecule has 8 bridgehead atoms. The van der Waals surface area contributed by atoms with Crippen LogP contribution in [-0.2, 0) is 0 Å². The maximum absolute atomic E-state index is 5.28. The van der Waals surface area contributed by atoms with Crippen molar-refractivity contribution < 1.29 is 0 Å². The van der Waals surface area contributed by atoms with Gasteiger partial charge in [-0.25, -0.2) is 9.97 Å². The molecule has 3 aromatic heterocycles. The van der Waals surface area contributed by atoms with Gasteiger partial charge in [-0.3, -0.25) is 0 Å². The van der Waals surface area contributed by atoms with Crippen molar-refractivity contribution in [2.24, 2.45) is 0 Å². The van der Waals surface area contributed by atoms with Crippen LogP contribution in [0, 0.1) is 37.5 Å². The third kappa shape index (κ3) is 7.75. The van der Waals surface area contributed by atoms with Crippen LogP contribution < -0.4 is 9.80 Å². The van der Waals surface area contributed by atoms with Crippen molar-refractivity contribution in [3.05, 3.63) is 178 Å². The van der Waals surface area contributed by atoms with E-state index in [1.165, 1.54) is 11.1 Å². The summed E-state index contributed by atoms with van der Waals surface area (Å²) in [5.74, 6) is 13.9. The molecular formula is C54H44N6. The largest absolute Gasteiger partial charge is 0.378 e. The quantitative estimate of drug-likeness (QED) is 0.175. The Kier molecular flexibility index (Phi) is 9.98. The summed E-state index contributed by atoms with van der Waals surface area (Å²) < 4.78 is 0. The maximum atomic E-state index is 5.28. The fourth-order valence-corrected chi connectivity index (χ4v) is 7.47. The van der Waals surface area contributed by atoms with Gasteiger partial charge in [0.1, 0.15) is 0 Å². The Balaban J connectivity index is 1.34. The highest BCUT2D eigenvalue weighted by Crippen LogP contribution is 2.35. The Bertz CT molecular complexity index is 3130. The zero-order valence-electron chi connectivity index (χ0n) is 34.6. The van der Waals surface area contributed by atoms with Crippen molar-refractivity contribution in [3.8, 4) is 45.9 Å². The number of hydrogen-bond acceptors (Lipinski definition) is 4. The summed E-state index contributed by atoms with van der Waals surface area (Å²) in [5.41, 5.74) is 19.1. The first-order valence-corrected chi connectivity index (χ1v) is 20.1. The lowest BCUT2D eigenvalue weighted by Crippen LogP contribution is -2.07. The molecule has 2 aliphatic rings. The molecule has 2 N–H and O–H groups in total. The van der Waals surface area contributed by atoms with Gasteiger partial charge in [-0.2, -0.15) is 0 Å². The average Bonchev–Trinajstić information content (AvgIpc) is 4.07. The minimum Gasteiger partial charge on any atom is -0.378 e. The van der Waals surface area contributed by atoms with Crippen molar-refractivity contribution in [2.45, 2.75) is 13.8 Å². The number of rotatable bonds is 4. The van der Waals surface area contributed by atoms with E-state index < -0.39 is 0 Å². The van der Waals surface area contributed by atoms with Crippen molar-refractivity contribution in [3.63, 3.8) is 0 Å². The number of benzene rings is 4. The molecule has 0 saturated heterocycles. The van der Waals surface area contributed by atoms with Crippen LogP contribution in [0.4, 0.5) is 11.4 Å². The van der Waals surface area contributed by atoms with E-state index in [9.17, 15) is 0 Å². The number of hydrogen-bond donors (Lipinski definition) is 2. The van der Waals surface area contributed by atoms with Gasteiger partial charge in [0, 0.05) is 83.9 Å². The first-order chi connectivity index (χ1) is 29.1. The third-order valence-electron chi connectivity index (χ3n) is 10.8. The van der Waals surface area contributed by atoms with E-state index in [1.807, 2.05) is 34.3 Å². The van der Waals surface area contributed by atoms with E-state index in [-0.39, 0.29) is 0 Å². The molecule has 0 fully saturated rings. The molecule has 7 aromatic rings. The van der Waals surface area contributed by atoms with Gasteiger partial charge in [-0.05, 0) is 122 Å². The second kappa shape index (κ2) is 15.9. The molecule has 4 aromatic carbocycles. The minimum atomic E-state index is 0.709. The van der Waals surface area contributed by atoms with Gasteiger partial charge in [-0.15, -0.1) is 0 Å². The van der Waals surface area contributed by atoms with Gasteiger partial charge in [0.2, 0.25) is 0 Å². The standard InChI is InChI=1S/C54H44N6/c1-35-7-17-39(18-8-35)53-47-29-21-41(55-47)33-51-45(27-15-37-11-23-43(24-12-37)59(3)4)46(28-16-38-13-25-44(26-14-38)60(5)6)52(58-51)34-42-22-30-48(56-42)54(50-32-31-49(53)57-50)40-19-9-36(2)10-20-40/h7-14,17-26,29-34,55,57H,1-6H3. The molecule has 0 unspecified atom stereocenters. The lowest BCUT2D eigenvalue weighted by Gasteiger charge is -2.11. The number of allylic oxidation sites excluding steroid dienone is 2. The van der Waals surface area contributed by atoms with Gasteiger partial charge < -0.3 is 19.8 Å². The lowest BCUT2D eigenvalue weighted by molar-refractivity contribution is 1.13. The normalized spacial score (nSPS) is 11.8. The topological polar surface area (TPSA) is 63.8 Å². The van der Waals surface area contributed by atoms with Crippen molar-refractivity contribution in [1.82, 2.24) is 19.9 Å². The molecule has 5 heterocycles. The third-order valence-corrected chi connectivity index (χ3v) is 10.8. The van der Waals surface area contributed by atoms with Gasteiger partial charge >= 0.3 is 0 Å².